The first-order valence-electron chi connectivity index (χ1n) is 4.50. The predicted octanol–water partition coefficient (Wildman–Crippen LogP) is 0.314. The zero-order valence-corrected chi connectivity index (χ0v) is 7.82. The second-order valence-corrected chi connectivity index (χ2v) is 3.30. The van der Waals surface area contributed by atoms with Gasteiger partial charge in [-0.15, -0.1) is 0 Å². The molecule has 0 radical (unpaired) electrons. The van der Waals surface area contributed by atoms with Crippen molar-refractivity contribution < 1.29 is 14.6 Å². The maximum atomic E-state index is 10.0. The third-order valence-corrected chi connectivity index (χ3v) is 2.29. The van der Waals surface area contributed by atoms with Gasteiger partial charge >= 0.3 is 0 Å². The third kappa shape index (κ3) is 2.41. The molecule has 1 N–H and O–H groups in total. The summed E-state index contributed by atoms with van der Waals surface area (Å²) in [5, 5.41) is 18.9. The average molecular weight is 185 g/mol. The van der Waals surface area contributed by atoms with E-state index in [9.17, 15) is 5.11 Å². The number of aliphatic hydroxyl groups is 1. The lowest BCUT2D eigenvalue weighted by atomic mass is 9.88. The first kappa shape index (κ1) is 10.5. The van der Waals surface area contributed by atoms with E-state index in [2.05, 4.69) is 6.07 Å². The first-order valence-corrected chi connectivity index (χ1v) is 4.50. The SMILES string of the molecule is CCC(C#N)C1(O)COCCOC1. The van der Waals surface area contributed by atoms with E-state index in [-0.39, 0.29) is 13.2 Å². The zero-order valence-electron chi connectivity index (χ0n) is 7.82. The number of hydrogen-bond donors (Lipinski definition) is 1. The third-order valence-electron chi connectivity index (χ3n) is 2.29. The van der Waals surface area contributed by atoms with Gasteiger partial charge in [-0.05, 0) is 6.42 Å². The molecular weight excluding hydrogens is 170 g/mol. The van der Waals surface area contributed by atoms with Gasteiger partial charge in [-0.3, -0.25) is 0 Å². The van der Waals surface area contributed by atoms with Crippen molar-refractivity contribution in [1.29, 1.82) is 5.26 Å². The summed E-state index contributed by atoms with van der Waals surface area (Å²) in [4.78, 5) is 0. The van der Waals surface area contributed by atoms with E-state index in [4.69, 9.17) is 14.7 Å². The van der Waals surface area contributed by atoms with E-state index in [0.717, 1.165) is 0 Å². The first-order chi connectivity index (χ1) is 6.23. The Bertz CT molecular complexity index is 192. The van der Waals surface area contributed by atoms with Crippen LogP contribution in [0, 0.1) is 17.2 Å². The molecule has 4 nitrogen and oxygen atoms in total. The molecule has 0 aliphatic carbocycles. The van der Waals surface area contributed by atoms with E-state index < -0.39 is 11.5 Å². The topological polar surface area (TPSA) is 62.5 Å². The van der Waals surface area contributed by atoms with Crippen molar-refractivity contribution in [3.63, 3.8) is 0 Å². The van der Waals surface area contributed by atoms with E-state index in [1.807, 2.05) is 6.92 Å². The van der Waals surface area contributed by atoms with Gasteiger partial charge in [-0.1, -0.05) is 6.92 Å². The number of nitriles is 1. The lowest BCUT2D eigenvalue weighted by Crippen LogP contribution is -2.44. The van der Waals surface area contributed by atoms with Gasteiger partial charge in [-0.25, -0.2) is 0 Å². The van der Waals surface area contributed by atoms with Crippen molar-refractivity contribution in [3.8, 4) is 6.07 Å². The Kier molecular flexibility index (Phi) is 3.67. The molecule has 0 aromatic rings. The number of hydrogen-bond acceptors (Lipinski definition) is 4. The van der Waals surface area contributed by atoms with Gasteiger partial charge in [0.25, 0.3) is 0 Å². The van der Waals surface area contributed by atoms with Crippen LogP contribution in [0.4, 0.5) is 0 Å². The summed E-state index contributed by atoms with van der Waals surface area (Å²) in [5.41, 5.74) is -1.12. The van der Waals surface area contributed by atoms with Crippen LogP contribution in [0.3, 0.4) is 0 Å². The minimum atomic E-state index is -1.12. The Morgan fingerprint density at radius 3 is 2.38 bits per heavy atom. The molecule has 1 rings (SSSR count). The van der Waals surface area contributed by atoms with Gasteiger partial charge in [-0.2, -0.15) is 5.26 Å². The Hall–Kier alpha value is -0.630. The largest absolute Gasteiger partial charge is 0.384 e. The Labute approximate surface area is 78.1 Å². The molecule has 1 heterocycles. The summed E-state index contributed by atoms with van der Waals surface area (Å²) >= 11 is 0. The summed E-state index contributed by atoms with van der Waals surface area (Å²) in [7, 11) is 0. The Balaban J connectivity index is 2.65. The van der Waals surface area contributed by atoms with Crippen LogP contribution >= 0.6 is 0 Å². The highest BCUT2D eigenvalue weighted by Crippen LogP contribution is 2.22. The molecule has 1 atom stereocenters. The van der Waals surface area contributed by atoms with Gasteiger partial charge in [0.05, 0.1) is 38.4 Å². The van der Waals surface area contributed by atoms with Gasteiger partial charge in [0, 0.05) is 0 Å². The zero-order chi connectivity index (χ0) is 9.73. The van der Waals surface area contributed by atoms with Crippen LogP contribution in [-0.4, -0.2) is 37.1 Å². The summed E-state index contributed by atoms with van der Waals surface area (Å²) < 4.78 is 10.3. The van der Waals surface area contributed by atoms with Gasteiger partial charge < -0.3 is 14.6 Å². The molecule has 4 heteroatoms. The minimum Gasteiger partial charge on any atom is -0.384 e. The van der Waals surface area contributed by atoms with Gasteiger partial charge in [0.2, 0.25) is 0 Å². The molecule has 0 spiro atoms. The number of rotatable bonds is 2. The van der Waals surface area contributed by atoms with Crippen molar-refractivity contribution in [2.75, 3.05) is 26.4 Å². The van der Waals surface area contributed by atoms with Crippen LogP contribution in [0.1, 0.15) is 13.3 Å². The fourth-order valence-corrected chi connectivity index (χ4v) is 1.45. The lowest BCUT2D eigenvalue weighted by Gasteiger charge is -2.28. The molecule has 74 valence electrons. The summed E-state index contributed by atoms with van der Waals surface area (Å²) in [6.07, 6.45) is 0.611. The quantitative estimate of drug-likeness (QED) is 0.672. The maximum Gasteiger partial charge on any atom is 0.127 e. The van der Waals surface area contributed by atoms with Crippen molar-refractivity contribution in [1.82, 2.24) is 0 Å². The Morgan fingerprint density at radius 2 is 2.00 bits per heavy atom. The molecule has 13 heavy (non-hydrogen) atoms. The molecule has 1 aliphatic rings. The van der Waals surface area contributed by atoms with Gasteiger partial charge in [0.1, 0.15) is 5.60 Å². The Morgan fingerprint density at radius 1 is 1.46 bits per heavy atom. The lowest BCUT2D eigenvalue weighted by molar-refractivity contribution is -0.0817. The summed E-state index contributed by atoms with van der Waals surface area (Å²) in [6, 6.07) is 2.08. The second kappa shape index (κ2) is 4.56. The summed E-state index contributed by atoms with van der Waals surface area (Å²) in [6.45, 7) is 3.24. The fourth-order valence-electron chi connectivity index (χ4n) is 1.45. The highest BCUT2D eigenvalue weighted by atomic mass is 16.6. The molecule has 0 saturated carbocycles. The summed E-state index contributed by atoms with van der Waals surface area (Å²) in [5.74, 6) is -0.411. The smallest absolute Gasteiger partial charge is 0.127 e. The molecule has 1 saturated heterocycles. The molecule has 0 aromatic heterocycles. The highest BCUT2D eigenvalue weighted by Gasteiger charge is 2.37. The van der Waals surface area contributed by atoms with Crippen LogP contribution in [-0.2, 0) is 9.47 Å². The van der Waals surface area contributed by atoms with Gasteiger partial charge in [0.15, 0.2) is 0 Å². The van der Waals surface area contributed by atoms with Crippen molar-refractivity contribution >= 4 is 0 Å². The molecule has 1 fully saturated rings. The van der Waals surface area contributed by atoms with Crippen LogP contribution in [0.2, 0.25) is 0 Å². The molecule has 1 unspecified atom stereocenters. The van der Waals surface area contributed by atoms with E-state index in [0.29, 0.717) is 19.6 Å². The van der Waals surface area contributed by atoms with Crippen molar-refractivity contribution in [2.24, 2.45) is 5.92 Å². The average Bonchev–Trinajstić information content (AvgIpc) is 2.33. The number of nitrogens with zero attached hydrogens (tertiary/aromatic N) is 1. The van der Waals surface area contributed by atoms with Crippen molar-refractivity contribution in [3.05, 3.63) is 0 Å². The van der Waals surface area contributed by atoms with Crippen LogP contribution in [0.5, 0.6) is 0 Å². The molecule has 0 aromatic carbocycles. The van der Waals surface area contributed by atoms with E-state index in [1.165, 1.54) is 0 Å². The molecule has 0 bridgehead atoms. The molecular formula is C9H15NO3. The maximum absolute atomic E-state index is 10.0. The highest BCUT2D eigenvalue weighted by molar-refractivity contribution is 4.98. The standard InChI is InChI=1S/C9H15NO3/c1-2-8(5-10)9(11)6-12-3-4-13-7-9/h8,11H,2-4,6-7H2,1H3. The normalized spacial score (nSPS) is 24.4. The number of ether oxygens (including phenoxy) is 2. The van der Waals surface area contributed by atoms with Crippen molar-refractivity contribution in [2.45, 2.75) is 18.9 Å². The fraction of sp³-hybridized carbons (Fsp3) is 0.889. The van der Waals surface area contributed by atoms with Crippen LogP contribution < -0.4 is 0 Å². The predicted molar refractivity (Wildman–Crippen MR) is 46.0 cm³/mol. The second-order valence-electron chi connectivity index (χ2n) is 3.30. The van der Waals surface area contributed by atoms with Crippen LogP contribution in [0.25, 0.3) is 0 Å². The molecule has 0 amide bonds. The van der Waals surface area contributed by atoms with E-state index in [1.54, 1.807) is 0 Å². The molecule has 1 aliphatic heterocycles. The minimum absolute atomic E-state index is 0.194. The monoisotopic (exact) mass is 185 g/mol. The van der Waals surface area contributed by atoms with E-state index >= 15 is 0 Å². The van der Waals surface area contributed by atoms with Crippen LogP contribution in [0.15, 0.2) is 0 Å².